The smallest absolute Gasteiger partial charge is 0.150 e. The maximum Gasteiger partial charge on any atom is 0.150 e. The van der Waals surface area contributed by atoms with E-state index in [0.29, 0.717) is 23.9 Å². The fourth-order valence-corrected chi connectivity index (χ4v) is 2.46. The monoisotopic (exact) mass is 311 g/mol. The van der Waals surface area contributed by atoms with E-state index in [1.165, 1.54) is 6.07 Å². The normalized spacial score (nSPS) is 11.0. The van der Waals surface area contributed by atoms with Crippen LogP contribution in [0.4, 0.5) is 4.39 Å². The van der Waals surface area contributed by atoms with Crippen LogP contribution in [0.15, 0.2) is 24.4 Å². The van der Waals surface area contributed by atoms with Crippen LogP contribution in [0.1, 0.15) is 18.2 Å². The van der Waals surface area contributed by atoms with E-state index in [1.54, 1.807) is 30.1 Å². The molecule has 2 aromatic rings. The van der Waals surface area contributed by atoms with E-state index in [4.69, 9.17) is 16.3 Å². The van der Waals surface area contributed by atoms with Gasteiger partial charge in [0.1, 0.15) is 11.5 Å². The van der Waals surface area contributed by atoms with E-state index >= 15 is 0 Å². The van der Waals surface area contributed by atoms with Crippen molar-refractivity contribution in [3.63, 3.8) is 0 Å². The van der Waals surface area contributed by atoms with Gasteiger partial charge in [0.05, 0.1) is 17.8 Å². The SMILES string of the molecule is CCc1c(CNCCOC)cnn1-c1c(F)cccc1Cl. The topological polar surface area (TPSA) is 39.1 Å². The van der Waals surface area contributed by atoms with Crippen molar-refractivity contribution in [3.05, 3.63) is 46.5 Å². The van der Waals surface area contributed by atoms with Crippen molar-refractivity contribution in [3.8, 4) is 5.69 Å². The Kier molecular flexibility index (Phi) is 5.73. The van der Waals surface area contributed by atoms with Crippen molar-refractivity contribution < 1.29 is 9.13 Å². The van der Waals surface area contributed by atoms with E-state index < -0.39 is 0 Å². The van der Waals surface area contributed by atoms with E-state index in [2.05, 4.69) is 10.4 Å². The van der Waals surface area contributed by atoms with Crippen LogP contribution in [-0.4, -0.2) is 30.0 Å². The third-order valence-electron chi connectivity index (χ3n) is 3.24. The molecule has 0 saturated carbocycles. The summed E-state index contributed by atoms with van der Waals surface area (Å²) in [7, 11) is 1.66. The van der Waals surface area contributed by atoms with Crippen LogP contribution in [-0.2, 0) is 17.7 Å². The van der Waals surface area contributed by atoms with Gasteiger partial charge in [-0.2, -0.15) is 5.10 Å². The second-order valence-electron chi connectivity index (χ2n) is 4.62. The third kappa shape index (κ3) is 3.61. The van der Waals surface area contributed by atoms with Crippen LogP contribution in [0, 0.1) is 5.82 Å². The first-order valence-corrected chi connectivity index (χ1v) is 7.26. The molecular formula is C15H19ClFN3O. The zero-order chi connectivity index (χ0) is 15.2. The molecule has 0 radical (unpaired) electrons. The number of nitrogens with zero attached hydrogens (tertiary/aromatic N) is 2. The van der Waals surface area contributed by atoms with Gasteiger partial charge >= 0.3 is 0 Å². The van der Waals surface area contributed by atoms with Gasteiger partial charge in [-0.1, -0.05) is 24.6 Å². The molecule has 0 aliphatic heterocycles. The van der Waals surface area contributed by atoms with Crippen LogP contribution in [0.2, 0.25) is 5.02 Å². The molecule has 0 atom stereocenters. The summed E-state index contributed by atoms with van der Waals surface area (Å²) in [5.74, 6) is -0.376. The number of methoxy groups -OCH3 is 1. The van der Waals surface area contributed by atoms with Crippen LogP contribution in [0.25, 0.3) is 5.69 Å². The number of halogens is 2. The van der Waals surface area contributed by atoms with Gasteiger partial charge in [0, 0.05) is 31.5 Å². The molecule has 4 nitrogen and oxygen atoms in total. The molecule has 21 heavy (non-hydrogen) atoms. The number of ether oxygens (including phenoxy) is 1. The highest BCUT2D eigenvalue weighted by Gasteiger charge is 2.16. The number of rotatable bonds is 7. The zero-order valence-electron chi connectivity index (χ0n) is 12.2. The van der Waals surface area contributed by atoms with Crippen LogP contribution in [0.3, 0.4) is 0 Å². The van der Waals surface area contributed by atoms with Gasteiger partial charge in [-0.15, -0.1) is 0 Å². The summed E-state index contributed by atoms with van der Waals surface area (Å²) in [6, 6.07) is 4.64. The van der Waals surface area contributed by atoms with Crippen molar-refractivity contribution >= 4 is 11.6 Å². The Hall–Kier alpha value is -1.43. The second kappa shape index (κ2) is 7.54. The Morgan fingerprint density at radius 2 is 2.24 bits per heavy atom. The Balaban J connectivity index is 2.27. The highest BCUT2D eigenvalue weighted by atomic mass is 35.5. The minimum Gasteiger partial charge on any atom is -0.383 e. The van der Waals surface area contributed by atoms with Crippen LogP contribution in [0.5, 0.6) is 0 Å². The molecule has 0 spiro atoms. The summed E-state index contributed by atoms with van der Waals surface area (Å²) >= 11 is 6.11. The predicted octanol–water partition coefficient (Wildman–Crippen LogP) is 2.96. The van der Waals surface area contributed by atoms with Gasteiger partial charge in [0.25, 0.3) is 0 Å². The molecule has 0 unspecified atom stereocenters. The largest absolute Gasteiger partial charge is 0.383 e. The maximum atomic E-state index is 14.0. The molecule has 6 heteroatoms. The van der Waals surface area contributed by atoms with Crippen LogP contribution < -0.4 is 5.32 Å². The molecule has 0 saturated heterocycles. The third-order valence-corrected chi connectivity index (χ3v) is 3.54. The average molecular weight is 312 g/mol. The molecule has 0 aliphatic rings. The van der Waals surface area contributed by atoms with Crippen molar-refractivity contribution in [1.29, 1.82) is 0 Å². The van der Waals surface area contributed by atoms with Gasteiger partial charge in [0.2, 0.25) is 0 Å². The van der Waals surface area contributed by atoms with Crippen LogP contribution >= 0.6 is 11.6 Å². The standard InChI is InChI=1S/C15H19ClFN3O/c1-3-14-11(9-18-7-8-21-2)10-19-20(14)15-12(16)5-4-6-13(15)17/h4-6,10,18H,3,7-9H2,1-2H3. The van der Waals surface area contributed by atoms with Crippen molar-refractivity contribution in [2.75, 3.05) is 20.3 Å². The molecule has 1 heterocycles. The zero-order valence-corrected chi connectivity index (χ0v) is 13.0. The molecular weight excluding hydrogens is 293 g/mol. The van der Waals surface area contributed by atoms with E-state index in [9.17, 15) is 4.39 Å². The van der Waals surface area contributed by atoms with E-state index in [1.807, 2.05) is 6.92 Å². The highest BCUT2D eigenvalue weighted by Crippen LogP contribution is 2.25. The number of aromatic nitrogens is 2. The van der Waals surface area contributed by atoms with Gasteiger partial charge in [-0.25, -0.2) is 9.07 Å². The summed E-state index contributed by atoms with van der Waals surface area (Å²) in [6.45, 7) is 4.08. The molecule has 0 fully saturated rings. The lowest BCUT2D eigenvalue weighted by atomic mass is 10.2. The van der Waals surface area contributed by atoms with E-state index in [-0.39, 0.29) is 5.82 Å². The molecule has 1 N–H and O–H groups in total. The molecule has 0 amide bonds. The predicted molar refractivity (Wildman–Crippen MR) is 81.5 cm³/mol. The van der Waals surface area contributed by atoms with Gasteiger partial charge < -0.3 is 10.1 Å². The van der Waals surface area contributed by atoms with Crippen molar-refractivity contribution in [1.82, 2.24) is 15.1 Å². The minimum absolute atomic E-state index is 0.305. The first-order valence-electron chi connectivity index (χ1n) is 6.88. The van der Waals surface area contributed by atoms with Gasteiger partial charge in [0.15, 0.2) is 0 Å². The molecule has 1 aromatic carbocycles. The van der Waals surface area contributed by atoms with Crippen molar-refractivity contribution in [2.45, 2.75) is 19.9 Å². The Bertz CT molecular complexity index is 580. The summed E-state index contributed by atoms with van der Waals surface area (Å²) in [5, 5.41) is 7.92. The first kappa shape index (κ1) is 15.9. The van der Waals surface area contributed by atoms with Gasteiger partial charge in [-0.05, 0) is 18.6 Å². The highest BCUT2D eigenvalue weighted by molar-refractivity contribution is 6.32. The summed E-state index contributed by atoms with van der Waals surface area (Å²) < 4.78 is 20.6. The quantitative estimate of drug-likeness (QED) is 0.799. The van der Waals surface area contributed by atoms with Crippen molar-refractivity contribution in [2.24, 2.45) is 0 Å². The molecule has 1 aromatic heterocycles. The molecule has 114 valence electrons. The number of nitrogens with one attached hydrogen (secondary N) is 1. The number of hydrogen-bond donors (Lipinski definition) is 1. The first-order chi connectivity index (χ1) is 10.2. The molecule has 0 aliphatic carbocycles. The van der Waals surface area contributed by atoms with E-state index in [0.717, 1.165) is 24.2 Å². The van der Waals surface area contributed by atoms with Gasteiger partial charge in [-0.3, -0.25) is 0 Å². The minimum atomic E-state index is -0.376. The Morgan fingerprint density at radius 1 is 1.43 bits per heavy atom. The summed E-state index contributed by atoms with van der Waals surface area (Å²) in [4.78, 5) is 0. The maximum absolute atomic E-state index is 14.0. The lowest BCUT2D eigenvalue weighted by Gasteiger charge is -2.11. The Morgan fingerprint density at radius 3 is 2.90 bits per heavy atom. The second-order valence-corrected chi connectivity index (χ2v) is 5.03. The molecule has 0 bridgehead atoms. The number of hydrogen-bond acceptors (Lipinski definition) is 3. The number of para-hydroxylation sites is 1. The fourth-order valence-electron chi connectivity index (χ4n) is 2.21. The lowest BCUT2D eigenvalue weighted by Crippen LogP contribution is -2.19. The summed E-state index contributed by atoms with van der Waals surface area (Å²) in [6.07, 6.45) is 2.49. The number of benzene rings is 1. The average Bonchev–Trinajstić information content (AvgIpc) is 2.86. The molecule has 2 rings (SSSR count). The Labute approximate surface area is 128 Å². The lowest BCUT2D eigenvalue weighted by molar-refractivity contribution is 0.199. The summed E-state index contributed by atoms with van der Waals surface area (Å²) in [5.41, 5.74) is 2.29. The fraction of sp³-hybridized carbons (Fsp3) is 0.400.